The lowest BCUT2D eigenvalue weighted by Gasteiger charge is -2.36. The van der Waals surface area contributed by atoms with Crippen molar-refractivity contribution in [2.45, 2.75) is 93.5 Å². The third-order valence-electron chi connectivity index (χ3n) is 6.55. The quantitative estimate of drug-likeness (QED) is 0.449. The Kier molecular flexibility index (Phi) is 7.78. The lowest BCUT2D eigenvalue weighted by atomic mass is 9.92. The van der Waals surface area contributed by atoms with E-state index in [1.165, 1.54) is 62.2 Å². The molecule has 0 unspecified atom stereocenters. The molecule has 3 heteroatoms. The van der Waals surface area contributed by atoms with E-state index in [-0.39, 0.29) is 24.3 Å². The van der Waals surface area contributed by atoms with Crippen LogP contribution in [0.2, 0.25) is 35.8 Å². The fourth-order valence-corrected chi connectivity index (χ4v) is 12.1. The van der Waals surface area contributed by atoms with Crippen LogP contribution in [0.1, 0.15) is 62.5 Å². The number of aryl methyl sites for hydroxylation is 1. The lowest BCUT2D eigenvalue weighted by Crippen LogP contribution is -2.30. The summed E-state index contributed by atoms with van der Waals surface area (Å²) in [5.74, 6) is 0.831. The predicted molar refractivity (Wildman–Crippen MR) is 112 cm³/mol. The van der Waals surface area contributed by atoms with Crippen molar-refractivity contribution >= 4 is 17.6 Å². The van der Waals surface area contributed by atoms with Crippen LogP contribution in [-0.4, -0.2) is 24.3 Å². The van der Waals surface area contributed by atoms with Crippen molar-refractivity contribution in [3.05, 3.63) is 35.4 Å². The molecule has 0 amide bonds. The molecule has 25 heavy (non-hydrogen) atoms. The summed E-state index contributed by atoms with van der Waals surface area (Å²) >= 11 is 0. The van der Waals surface area contributed by atoms with Gasteiger partial charge in [-0.05, 0) is 48.3 Å². The van der Waals surface area contributed by atoms with Crippen molar-refractivity contribution in [3.8, 4) is 0 Å². The minimum absolute atomic E-state index is 0.0898. The van der Waals surface area contributed by atoms with Crippen molar-refractivity contribution in [3.63, 3.8) is 0 Å². The first-order valence-electron chi connectivity index (χ1n) is 10.6. The molecule has 3 rings (SSSR count). The van der Waals surface area contributed by atoms with E-state index in [1.54, 1.807) is 17.7 Å². The maximum atomic E-state index is 12.4. The third kappa shape index (κ3) is 5.53. The summed E-state index contributed by atoms with van der Waals surface area (Å²) in [7, 11) is -0.272. The van der Waals surface area contributed by atoms with Gasteiger partial charge in [0.25, 0.3) is 0 Å². The Morgan fingerprint density at radius 3 is 2.24 bits per heavy atom. The summed E-state index contributed by atoms with van der Waals surface area (Å²) in [4.78, 5) is 0. The zero-order valence-electron chi connectivity index (χ0n) is 16.0. The SMILES string of the molecule is CCCc1ccc(C2CC[Si](C3CC[Si](CCCF)CC3)CC2)cc1. The van der Waals surface area contributed by atoms with Gasteiger partial charge in [0.15, 0.2) is 0 Å². The first-order valence-corrected chi connectivity index (χ1v) is 14.7. The molecule has 2 fully saturated rings. The van der Waals surface area contributed by atoms with Gasteiger partial charge in [0.05, 0.1) is 15.5 Å². The minimum Gasteiger partial charge on any atom is -0.251 e. The molecule has 1 aromatic rings. The smallest absolute Gasteiger partial charge is 0.0891 e. The lowest BCUT2D eigenvalue weighted by molar-refractivity contribution is 0.484. The second kappa shape index (κ2) is 10.1. The van der Waals surface area contributed by atoms with E-state index in [1.807, 2.05) is 0 Å². The molecule has 0 nitrogen and oxygen atoms in total. The Morgan fingerprint density at radius 1 is 0.960 bits per heavy atom. The van der Waals surface area contributed by atoms with Gasteiger partial charge >= 0.3 is 0 Å². The predicted octanol–water partition coefficient (Wildman–Crippen LogP) is 7.03. The summed E-state index contributed by atoms with van der Waals surface area (Å²) in [6, 6.07) is 16.9. The number of hydrogen-bond acceptors (Lipinski definition) is 0. The highest BCUT2D eigenvalue weighted by Gasteiger charge is 2.32. The molecule has 2 aliphatic rings. The maximum absolute atomic E-state index is 12.4. The van der Waals surface area contributed by atoms with Gasteiger partial charge in [0.2, 0.25) is 0 Å². The van der Waals surface area contributed by atoms with E-state index >= 15 is 0 Å². The summed E-state index contributed by atoms with van der Waals surface area (Å²) in [6.07, 6.45) is 9.20. The molecule has 138 valence electrons. The molecule has 0 aromatic heterocycles. The zero-order valence-corrected chi connectivity index (χ0v) is 18.0. The van der Waals surface area contributed by atoms with Crippen molar-refractivity contribution in [1.29, 1.82) is 0 Å². The highest BCUT2D eigenvalue weighted by atomic mass is 28.3. The molecular weight excluding hydrogens is 339 g/mol. The van der Waals surface area contributed by atoms with Gasteiger partial charge in [-0.15, -0.1) is 0 Å². The van der Waals surface area contributed by atoms with E-state index in [0.717, 1.165) is 17.9 Å². The van der Waals surface area contributed by atoms with Crippen LogP contribution >= 0.6 is 0 Å². The third-order valence-corrected chi connectivity index (χ3v) is 13.2. The molecule has 2 saturated heterocycles. The van der Waals surface area contributed by atoms with E-state index in [9.17, 15) is 4.39 Å². The van der Waals surface area contributed by atoms with Gasteiger partial charge in [0.1, 0.15) is 0 Å². The van der Waals surface area contributed by atoms with E-state index in [2.05, 4.69) is 31.2 Å². The van der Waals surface area contributed by atoms with Crippen LogP contribution in [0.3, 0.4) is 0 Å². The van der Waals surface area contributed by atoms with Gasteiger partial charge in [-0.1, -0.05) is 80.7 Å². The van der Waals surface area contributed by atoms with E-state index in [4.69, 9.17) is 0 Å². The van der Waals surface area contributed by atoms with Gasteiger partial charge in [-0.3, -0.25) is 4.39 Å². The van der Waals surface area contributed by atoms with Crippen LogP contribution in [0.5, 0.6) is 0 Å². The van der Waals surface area contributed by atoms with Crippen molar-refractivity contribution in [2.24, 2.45) is 0 Å². The van der Waals surface area contributed by atoms with Crippen LogP contribution in [0.4, 0.5) is 4.39 Å². The van der Waals surface area contributed by atoms with Crippen LogP contribution in [0, 0.1) is 0 Å². The zero-order chi connectivity index (χ0) is 17.5. The monoisotopic (exact) mass is 374 g/mol. The molecule has 2 radical (unpaired) electrons. The van der Waals surface area contributed by atoms with Crippen LogP contribution in [0.15, 0.2) is 24.3 Å². The molecule has 0 aliphatic carbocycles. The van der Waals surface area contributed by atoms with Gasteiger partial charge in [0, 0.05) is 8.80 Å². The molecule has 2 heterocycles. The average Bonchev–Trinajstić information content (AvgIpc) is 2.68. The Balaban J connectivity index is 1.43. The molecule has 2 aliphatic heterocycles. The fourth-order valence-electron chi connectivity index (χ4n) is 4.98. The molecule has 0 spiro atoms. The van der Waals surface area contributed by atoms with Crippen molar-refractivity contribution < 1.29 is 4.39 Å². The van der Waals surface area contributed by atoms with Crippen molar-refractivity contribution in [1.82, 2.24) is 0 Å². The molecule has 1 aromatic carbocycles. The first-order chi connectivity index (χ1) is 12.3. The summed E-state index contributed by atoms with van der Waals surface area (Å²) in [6.45, 7) is 2.17. The standard InChI is InChI=1S/C22H35FSi2/c1-2-4-19-5-7-20(8-6-19)21-9-17-25(18-10-21)22-11-15-24(16-12-22)14-3-13-23/h5-8,21-22H,2-4,9-18H2,1H3. The Morgan fingerprint density at radius 2 is 1.64 bits per heavy atom. The Hall–Kier alpha value is -0.416. The second-order valence-corrected chi connectivity index (χ2v) is 14.4. The van der Waals surface area contributed by atoms with Crippen LogP contribution in [0.25, 0.3) is 0 Å². The molecule has 0 saturated carbocycles. The van der Waals surface area contributed by atoms with Gasteiger partial charge in [-0.25, -0.2) is 0 Å². The number of benzene rings is 1. The van der Waals surface area contributed by atoms with Gasteiger partial charge in [-0.2, -0.15) is 0 Å². The Labute approximate surface area is 157 Å². The summed E-state index contributed by atoms with van der Waals surface area (Å²) in [5, 5.41) is 0. The fraction of sp³-hybridized carbons (Fsp3) is 0.727. The summed E-state index contributed by atoms with van der Waals surface area (Å²) < 4.78 is 12.4. The van der Waals surface area contributed by atoms with E-state index < -0.39 is 0 Å². The van der Waals surface area contributed by atoms with Gasteiger partial charge < -0.3 is 0 Å². The Bertz CT molecular complexity index is 485. The minimum atomic E-state index is -0.167. The first kappa shape index (κ1) is 19.3. The van der Waals surface area contributed by atoms with Crippen LogP contribution in [-0.2, 0) is 6.42 Å². The highest BCUT2D eigenvalue weighted by Crippen LogP contribution is 2.42. The van der Waals surface area contributed by atoms with Crippen LogP contribution < -0.4 is 0 Å². The molecule has 0 N–H and O–H groups in total. The average molecular weight is 375 g/mol. The van der Waals surface area contributed by atoms with E-state index in [0.29, 0.717) is 0 Å². The number of halogens is 1. The highest BCUT2D eigenvalue weighted by molar-refractivity contribution is 6.63. The maximum Gasteiger partial charge on any atom is 0.0891 e. The largest absolute Gasteiger partial charge is 0.251 e. The summed E-state index contributed by atoms with van der Waals surface area (Å²) in [5.41, 5.74) is 4.19. The number of alkyl halides is 1. The molecule has 0 atom stereocenters. The topological polar surface area (TPSA) is 0 Å². The second-order valence-electron chi connectivity index (χ2n) is 8.24. The molecule has 0 bridgehead atoms. The number of rotatable bonds is 7. The van der Waals surface area contributed by atoms with Crippen molar-refractivity contribution in [2.75, 3.05) is 6.67 Å². The number of hydrogen-bond donors (Lipinski definition) is 0. The molecular formula is C22H35FSi2. The normalized spacial score (nSPS) is 21.7.